The van der Waals surface area contributed by atoms with E-state index in [4.69, 9.17) is 0 Å². The summed E-state index contributed by atoms with van der Waals surface area (Å²) >= 11 is 0. The number of sulfone groups is 1. The molecule has 0 radical (unpaired) electrons. The molecule has 1 spiro atoms. The van der Waals surface area contributed by atoms with E-state index in [0.717, 1.165) is 25.9 Å². The van der Waals surface area contributed by atoms with Crippen molar-refractivity contribution in [2.45, 2.75) is 32.6 Å². The fraction of sp³-hybridized carbons (Fsp3) is 1.00. The van der Waals surface area contributed by atoms with Crippen molar-refractivity contribution in [3.05, 3.63) is 0 Å². The molecule has 2 heterocycles. The number of rotatable bonds is 1. The van der Waals surface area contributed by atoms with Crippen LogP contribution >= 0.6 is 0 Å². The van der Waals surface area contributed by atoms with Crippen LogP contribution in [-0.4, -0.2) is 33.0 Å². The van der Waals surface area contributed by atoms with Crippen molar-refractivity contribution in [2.24, 2.45) is 11.3 Å². The number of nitrogens with one attached hydrogen (secondary N) is 1. The highest BCUT2D eigenvalue weighted by Gasteiger charge is 2.43. The van der Waals surface area contributed by atoms with E-state index in [1.54, 1.807) is 0 Å². The third kappa shape index (κ3) is 2.21. The van der Waals surface area contributed by atoms with Crippen LogP contribution in [0.15, 0.2) is 0 Å². The number of hydrogen-bond acceptors (Lipinski definition) is 3. The van der Waals surface area contributed by atoms with Crippen molar-refractivity contribution < 1.29 is 8.42 Å². The van der Waals surface area contributed by atoms with Crippen LogP contribution in [0.25, 0.3) is 0 Å². The lowest BCUT2D eigenvalue weighted by atomic mass is 9.66. The summed E-state index contributed by atoms with van der Waals surface area (Å²) in [7, 11) is -2.71. The van der Waals surface area contributed by atoms with Gasteiger partial charge in [-0.05, 0) is 43.7 Å². The molecule has 3 nitrogen and oxygen atoms in total. The van der Waals surface area contributed by atoms with Gasteiger partial charge in [-0.15, -0.1) is 0 Å². The normalized spacial score (nSPS) is 34.1. The zero-order chi connectivity index (χ0) is 10.9. The molecule has 15 heavy (non-hydrogen) atoms. The second kappa shape index (κ2) is 4.06. The van der Waals surface area contributed by atoms with Crippen LogP contribution in [0.2, 0.25) is 0 Å². The minimum atomic E-state index is -2.71. The smallest absolute Gasteiger partial charge is 0.150 e. The quantitative estimate of drug-likeness (QED) is 0.737. The molecule has 0 aliphatic carbocycles. The lowest BCUT2D eigenvalue weighted by molar-refractivity contribution is 0.0899. The van der Waals surface area contributed by atoms with Crippen LogP contribution in [0.5, 0.6) is 0 Å². The lowest BCUT2D eigenvalue weighted by Gasteiger charge is -2.46. The Morgan fingerprint density at radius 3 is 2.53 bits per heavy atom. The molecule has 4 heteroatoms. The van der Waals surface area contributed by atoms with Crippen molar-refractivity contribution in [1.29, 1.82) is 0 Å². The highest BCUT2D eigenvalue weighted by molar-refractivity contribution is 7.91. The van der Waals surface area contributed by atoms with E-state index in [2.05, 4.69) is 12.2 Å². The molecule has 0 aromatic rings. The van der Waals surface area contributed by atoms with Gasteiger partial charge in [-0.1, -0.05) is 13.3 Å². The molecule has 2 aliphatic heterocycles. The first-order chi connectivity index (χ1) is 7.08. The molecule has 1 unspecified atom stereocenters. The van der Waals surface area contributed by atoms with Crippen molar-refractivity contribution in [2.75, 3.05) is 24.6 Å². The summed E-state index contributed by atoms with van der Waals surface area (Å²) < 4.78 is 22.9. The average Bonchev–Trinajstić information content (AvgIpc) is 2.24. The zero-order valence-corrected chi connectivity index (χ0v) is 10.3. The summed E-state index contributed by atoms with van der Waals surface area (Å²) in [6.45, 7) is 4.37. The molecule has 2 fully saturated rings. The van der Waals surface area contributed by atoms with Crippen LogP contribution in [0.3, 0.4) is 0 Å². The maximum Gasteiger partial charge on any atom is 0.150 e. The monoisotopic (exact) mass is 231 g/mol. The van der Waals surface area contributed by atoms with Crippen LogP contribution in [-0.2, 0) is 9.84 Å². The van der Waals surface area contributed by atoms with Crippen LogP contribution in [0.4, 0.5) is 0 Å². The molecule has 0 bridgehead atoms. The van der Waals surface area contributed by atoms with Gasteiger partial charge in [-0.25, -0.2) is 8.42 Å². The standard InChI is InChI=1S/C11H21NO2S/c1-2-10-9-12-6-3-11(10)4-7-15(13,14)8-5-11/h10,12H,2-9H2,1H3. The average molecular weight is 231 g/mol. The SMILES string of the molecule is CCC1CNCCC12CCS(=O)(=O)CC2. The Kier molecular flexibility index (Phi) is 3.08. The largest absolute Gasteiger partial charge is 0.316 e. The van der Waals surface area contributed by atoms with Gasteiger partial charge < -0.3 is 5.32 Å². The molecular weight excluding hydrogens is 210 g/mol. The summed E-state index contributed by atoms with van der Waals surface area (Å²) in [5.74, 6) is 1.52. The van der Waals surface area contributed by atoms with Gasteiger partial charge in [0.2, 0.25) is 0 Å². The Morgan fingerprint density at radius 2 is 1.93 bits per heavy atom. The minimum Gasteiger partial charge on any atom is -0.316 e. The maximum absolute atomic E-state index is 11.5. The summed E-state index contributed by atoms with van der Waals surface area (Å²) in [6.07, 6.45) is 4.14. The molecule has 0 saturated carbocycles. The van der Waals surface area contributed by atoms with Crippen LogP contribution < -0.4 is 5.32 Å². The fourth-order valence-corrected chi connectivity index (χ4v) is 4.85. The Labute approximate surface area is 92.6 Å². The van der Waals surface area contributed by atoms with Crippen molar-refractivity contribution in [3.8, 4) is 0 Å². The van der Waals surface area contributed by atoms with Crippen LogP contribution in [0.1, 0.15) is 32.6 Å². The first kappa shape index (κ1) is 11.4. The van der Waals surface area contributed by atoms with E-state index < -0.39 is 9.84 Å². The molecular formula is C11H21NO2S. The van der Waals surface area contributed by atoms with E-state index in [9.17, 15) is 8.42 Å². The molecule has 2 saturated heterocycles. The highest BCUT2D eigenvalue weighted by atomic mass is 32.2. The van der Waals surface area contributed by atoms with Gasteiger partial charge in [0.15, 0.2) is 0 Å². The van der Waals surface area contributed by atoms with E-state index in [0.29, 0.717) is 22.8 Å². The molecule has 0 aromatic carbocycles. The molecule has 1 atom stereocenters. The maximum atomic E-state index is 11.5. The summed E-state index contributed by atoms with van der Waals surface area (Å²) in [6, 6.07) is 0. The topological polar surface area (TPSA) is 46.2 Å². The Balaban J connectivity index is 2.12. The van der Waals surface area contributed by atoms with E-state index in [1.807, 2.05) is 0 Å². The molecule has 0 aromatic heterocycles. The van der Waals surface area contributed by atoms with Crippen molar-refractivity contribution >= 4 is 9.84 Å². The molecule has 2 rings (SSSR count). The summed E-state index contributed by atoms with van der Waals surface area (Å²) in [5, 5.41) is 3.43. The number of hydrogen-bond donors (Lipinski definition) is 1. The molecule has 88 valence electrons. The zero-order valence-electron chi connectivity index (χ0n) is 9.46. The van der Waals surface area contributed by atoms with Gasteiger partial charge in [-0.3, -0.25) is 0 Å². The van der Waals surface area contributed by atoms with E-state index >= 15 is 0 Å². The van der Waals surface area contributed by atoms with Gasteiger partial charge >= 0.3 is 0 Å². The first-order valence-corrected chi connectivity index (χ1v) is 7.81. The minimum absolute atomic E-state index is 0.339. The first-order valence-electron chi connectivity index (χ1n) is 5.99. The highest BCUT2D eigenvalue weighted by Crippen LogP contribution is 2.45. The second-order valence-electron chi connectivity index (χ2n) is 5.07. The van der Waals surface area contributed by atoms with Crippen molar-refractivity contribution in [3.63, 3.8) is 0 Å². The van der Waals surface area contributed by atoms with E-state index in [-0.39, 0.29) is 0 Å². The summed E-state index contributed by atoms with van der Waals surface area (Å²) in [4.78, 5) is 0. The van der Waals surface area contributed by atoms with Gasteiger partial charge in [0, 0.05) is 0 Å². The molecule has 0 amide bonds. The van der Waals surface area contributed by atoms with Gasteiger partial charge in [0.1, 0.15) is 9.84 Å². The molecule has 2 aliphatic rings. The van der Waals surface area contributed by atoms with Gasteiger partial charge in [0.25, 0.3) is 0 Å². The second-order valence-corrected chi connectivity index (χ2v) is 7.38. The summed E-state index contributed by atoms with van der Waals surface area (Å²) in [5.41, 5.74) is 0.339. The van der Waals surface area contributed by atoms with Gasteiger partial charge in [-0.2, -0.15) is 0 Å². The molecule has 1 N–H and O–H groups in total. The third-order valence-electron chi connectivity index (χ3n) is 4.37. The number of piperidine rings is 1. The predicted octanol–water partition coefficient (Wildman–Crippen LogP) is 1.20. The lowest BCUT2D eigenvalue weighted by Crippen LogP contribution is -2.48. The third-order valence-corrected chi connectivity index (χ3v) is 6.02. The van der Waals surface area contributed by atoms with Crippen molar-refractivity contribution in [1.82, 2.24) is 5.32 Å². The van der Waals surface area contributed by atoms with E-state index in [1.165, 1.54) is 12.8 Å². The Hall–Kier alpha value is -0.0900. The Morgan fingerprint density at radius 1 is 1.27 bits per heavy atom. The van der Waals surface area contributed by atoms with Crippen LogP contribution in [0, 0.1) is 11.3 Å². The fourth-order valence-electron chi connectivity index (χ4n) is 3.21. The predicted molar refractivity (Wildman–Crippen MR) is 61.6 cm³/mol. The van der Waals surface area contributed by atoms with Gasteiger partial charge in [0.05, 0.1) is 11.5 Å². The Bertz CT molecular complexity index is 309.